The number of hydroxylamine groups is 1. The van der Waals surface area contributed by atoms with Gasteiger partial charge in [0.05, 0.1) is 18.3 Å². The Kier molecular flexibility index (Phi) is 8.81. The molecule has 13 heteroatoms. The number of methoxy groups -OCH3 is 1. The summed E-state index contributed by atoms with van der Waals surface area (Å²) in [6.07, 6.45) is 8.34. The maximum atomic E-state index is 12.9. The van der Waals surface area contributed by atoms with Gasteiger partial charge in [-0.05, 0) is 42.0 Å². The summed E-state index contributed by atoms with van der Waals surface area (Å²) in [4.78, 5) is 34.5. The lowest BCUT2D eigenvalue weighted by molar-refractivity contribution is 0.0706. The predicted molar refractivity (Wildman–Crippen MR) is 156 cm³/mol. The fourth-order valence-corrected chi connectivity index (χ4v) is 4.10. The zero-order valence-electron chi connectivity index (χ0n) is 22.9. The molecule has 0 aliphatic heterocycles. The molecule has 0 aliphatic carbocycles. The number of nitrogens with zero attached hydrogens (tertiary/aromatic N) is 5. The second kappa shape index (κ2) is 13.2. The van der Waals surface area contributed by atoms with Crippen molar-refractivity contribution in [2.24, 2.45) is 0 Å². The Morgan fingerprint density at radius 3 is 2.65 bits per heavy atom. The molecule has 0 saturated carbocycles. The van der Waals surface area contributed by atoms with Gasteiger partial charge in [0.1, 0.15) is 30.2 Å². The van der Waals surface area contributed by atoms with E-state index in [0.717, 1.165) is 16.8 Å². The molecule has 0 unspecified atom stereocenters. The zero-order valence-corrected chi connectivity index (χ0v) is 22.9. The van der Waals surface area contributed by atoms with Gasteiger partial charge in [-0.3, -0.25) is 14.8 Å². The summed E-state index contributed by atoms with van der Waals surface area (Å²) in [7, 11) is 1.57. The molecule has 5 aromatic rings. The van der Waals surface area contributed by atoms with Crippen LogP contribution in [0.1, 0.15) is 32.0 Å². The normalized spacial score (nSPS) is 10.6. The number of amides is 2. The number of carbonyl (C=O) groups excluding carboxylic acids is 2. The summed E-state index contributed by atoms with van der Waals surface area (Å²) in [5.41, 5.74) is 5.20. The van der Waals surface area contributed by atoms with Gasteiger partial charge < -0.3 is 20.1 Å². The van der Waals surface area contributed by atoms with Crippen LogP contribution in [-0.2, 0) is 11.3 Å². The molecule has 0 atom stereocenters. The molecule has 2 heterocycles. The minimum absolute atomic E-state index is 0.0768. The standard InChI is InChI=1S/C30H26N8O5/c1-3-19-5-4-6-22(13-19)35-28-23-14-26(27(43-12-11-42-2)15-24(23)32-18-33-28)38-34-17-25(36-38)30(40)31-16-20-7-9-21(10-8-20)29(39)37-41/h1,4-10,13-15,17-18,41H,11-12,16H2,2H3,(H,31,40)(H,37,39)(H,32,33,35). The molecule has 0 bridgehead atoms. The van der Waals surface area contributed by atoms with Gasteiger partial charge in [0, 0.05) is 41.9 Å². The van der Waals surface area contributed by atoms with Crippen LogP contribution in [0.15, 0.2) is 73.2 Å². The van der Waals surface area contributed by atoms with Crippen LogP contribution in [0.2, 0.25) is 0 Å². The van der Waals surface area contributed by atoms with E-state index in [2.05, 4.69) is 36.7 Å². The van der Waals surface area contributed by atoms with Gasteiger partial charge in [-0.2, -0.15) is 5.10 Å². The molecule has 43 heavy (non-hydrogen) atoms. The number of terminal acetylenes is 1. The average Bonchev–Trinajstić information content (AvgIpc) is 3.54. The van der Waals surface area contributed by atoms with Crippen LogP contribution in [0.5, 0.6) is 5.75 Å². The number of nitrogens with one attached hydrogen (secondary N) is 3. The van der Waals surface area contributed by atoms with Crippen molar-refractivity contribution in [3.63, 3.8) is 0 Å². The number of anilines is 2. The molecule has 0 aliphatic rings. The van der Waals surface area contributed by atoms with E-state index in [9.17, 15) is 9.59 Å². The third-order valence-electron chi connectivity index (χ3n) is 6.26. The highest BCUT2D eigenvalue weighted by atomic mass is 16.5. The molecule has 2 aromatic heterocycles. The number of rotatable bonds is 11. The Labute approximate surface area is 245 Å². The van der Waals surface area contributed by atoms with Gasteiger partial charge in [0.25, 0.3) is 11.8 Å². The largest absolute Gasteiger partial charge is 0.489 e. The second-order valence-corrected chi connectivity index (χ2v) is 9.09. The highest BCUT2D eigenvalue weighted by Crippen LogP contribution is 2.32. The van der Waals surface area contributed by atoms with E-state index in [1.165, 1.54) is 29.5 Å². The van der Waals surface area contributed by atoms with Crippen molar-refractivity contribution in [2.45, 2.75) is 6.54 Å². The van der Waals surface area contributed by atoms with Gasteiger partial charge in [-0.15, -0.1) is 16.3 Å². The summed E-state index contributed by atoms with van der Waals surface area (Å²) < 4.78 is 11.1. The van der Waals surface area contributed by atoms with Crippen molar-refractivity contribution in [2.75, 3.05) is 25.6 Å². The van der Waals surface area contributed by atoms with E-state index in [1.54, 1.807) is 36.9 Å². The van der Waals surface area contributed by atoms with E-state index in [-0.39, 0.29) is 24.4 Å². The Hall–Kier alpha value is -5.84. The van der Waals surface area contributed by atoms with E-state index in [0.29, 0.717) is 34.8 Å². The van der Waals surface area contributed by atoms with Crippen LogP contribution >= 0.6 is 0 Å². The van der Waals surface area contributed by atoms with Crippen molar-refractivity contribution in [1.29, 1.82) is 0 Å². The molecule has 3 aromatic carbocycles. The Morgan fingerprint density at radius 2 is 1.88 bits per heavy atom. The number of fused-ring (bicyclic) bond motifs is 1. The van der Waals surface area contributed by atoms with Crippen LogP contribution < -0.4 is 20.9 Å². The van der Waals surface area contributed by atoms with Crippen molar-refractivity contribution in [3.8, 4) is 23.8 Å². The Morgan fingerprint density at radius 1 is 1.05 bits per heavy atom. The van der Waals surface area contributed by atoms with E-state index in [4.69, 9.17) is 21.1 Å². The lowest BCUT2D eigenvalue weighted by Crippen LogP contribution is -2.23. The molecule has 216 valence electrons. The maximum absolute atomic E-state index is 12.9. The van der Waals surface area contributed by atoms with Crippen molar-refractivity contribution < 1.29 is 24.3 Å². The molecule has 0 radical (unpaired) electrons. The Balaban J connectivity index is 1.41. The zero-order chi connectivity index (χ0) is 30.2. The lowest BCUT2D eigenvalue weighted by Gasteiger charge is -2.14. The first kappa shape index (κ1) is 28.7. The Bertz CT molecular complexity index is 1810. The summed E-state index contributed by atoms with van der Waals surface area (Å²) in [5.74, 6) is 2.49. The van der Waals surface area contributed by atoms with Crippen LogP contribution in [0, 0.1) is 12.3 Å². The van der Waals surface area contributed by atoms with Gasteiger partial charge in [-0.25, -0.2) is 15.4 Å². The van der Waals surface area contributed by atoms with Crippen LogP contribution in [0.4, 0.5) is 11.5 Å². The van der Waals surface area contributed by atoms with E-state index >= 15 is 0 Å². The summed E-state index contributed by atoms with van der Waals surface area (Å²) >= 11 is 0. The third kappa shape index (κ3) is 6.73. The molecular weight excluding hydrogens is 552 g/mol. The molecular formula is C30H26N8O5. The minimum atomic E-state index is -0.626. The molecule has 0 fully saturated rings. The smallest absolute Gasteiger partial charge is 0.274 e. The fraction of sp³-hybridized carbons (Fsp3) is 0.133. The van der Waals surface area contributed by atoms with Crippen molar-refractivity contribution >= 4 is 34.2 Å². The molecule has 13 nitrogen and oxygen atoms in total. The topological polar surface area (TPSA) is 165 Å². The first-order valence-electron chi connectivity index (χ1n) is 13.0. The SMILES string of the molecule is C#Cc1cccc(Nc2ncnc3cc(OCCOC)c(-n4ncc(C(=O)NCc5ccc(C(=O)NO)cc5)n4)cc23)c1. The summed E-state index contributed by atoms with van der Waals surface area (Å²) in [5, 5.41) is 24.2. The maximum Gasteiger partial charge on any atom is 0.274 e. The van der Waals surface area contributed by atoms with Gasteiger partial charge in [0.2, 0.25) is 0 Å². The molecule has 4 N–H and O–H groups in total. The summed E-state index contributed by atoms with van der Waals surface area (Å²) in [6, 6.07) is 17.3. The fourth-order valence-electron chi connectivity index (χ4n) is 4.10. The monoisotopic (exact) mass is 578 g/mol. The van der Waals surface area contributed by atoms with Gasteiger partial charge >= 0.3 is 0 Å². The molecule has 0 saturated heterocycles. The van der Waals surface area contributed by atoms with Crippen LogP contribution in [0.25, 0.3) is 16.6 Å². The molecule has 0 spiro atoms. The highest BCUT2D eigenvalue weighted by molar-refractivity contribution is 5.94. The number of carbonyl (C=O) groups is 2. The molecule has 2 amide bonds. The van der Waals surface area contributed by atoms with Crippen LogP contribution in [0.3, 0.4) is 0 Å². The van der Waals surface area contributed by atoms with Crippen molar-refractivity contribution in [3.05, 3.63) is 95.6 Å². The average molecular weight is 579 g/mol. The summed E-state index contributed by atoms with van der Waals surface area (Å²) in [6.45, 7) is 0.796. The number of benzene rings is 3. The lowest BCUT2D eigenvalue weighted by atomic mass is 10.1. The number of ether oxygens (including phenoxy) is 2. The quantitative estimate of drug-likeness (QED) is 0.0792. The van der Waals surface area contributed by atoms with Gasteiger partial charge in [0.15, 0.2) is 5.69 Å². The number of hydrogen-bond acceptors (Lipinski definition) is 10. The first-order chi connectivity index (χ1) is 21.0. The van der Waals surface area contributed by atoms with E-state index < -0.39 is 11.8 Å². The first-order valence-corrected chi connectivity index (χ1v) is 13.0. The third-order valence-corrected chi connectivity index (χ3v) is 6.26. The predicted octanol–water partition coefficient (Wildman–Crippen LogP) is 3.01. The second-order valence-electron chi connectivity index (χ2n) is 9.09. The van der Waals surface area contributed by atoms with E-state index in [1.807, 2.05) is 24.3 Å². The minimum Gasteiger partial charge on any atom is -0.489 e. The van der Waals surface area contributed by atoms with Gasteiger partial charge in [-0.1, -0.05) is 24.1 Å². The molecule has 5 rings (SSSR count). The number of hydrogen-bond donors (Lipinski definition) is 4. The highest BCUT2D eigenvalue weighted by Gasteiger charge is 2.17. The van der Waals surface area contributed by atoms with Crippen molar-refractivity contribution in [1.82, 2.24) is 35.8 Å². The van der Waals surface area contributed by atoms with Crippen LogP contribution in [-0.4, -0.2) is 62.3 Å². The number of aromatic nitrogens is 5.